The predicted octanol–water partition coefficient (Wildman–Crippen LogP) is 3.61. The number of halogens is 1. The van der Waals surface area contributed by atoms with Crippen molar-refractivity contribution < 1.29 is 4.39 Å². The van der Waals surface area contributed by atoms with Crippen molar-refractivity contribution in [3.05, 3.63) is 54.1 Å². The number of benzene rings is 1. The number of para-hydroxylation sites is 1. The monoisotopic (exact) mass is 201 g/mol. The van der Waals surface area contributed by atoms with Crippen LogP contribution in [0, 0.1) is 0 Å². The molecule has 0 saturated heterocycles. The topological polar surface area (TPSA) is 12.4 Å². The van der Waals surface area contributed by atoms with Gasteiger partial charge in [0.1, 0.15) is 6.17 Å². The van der Waals surface area contributed by atoms with Crippen molar-refractivity contribution in [2.24, 2.45) is 4.99 Å². The predicted molar refractivity (Wildman–Crippen MR) is 61.3 cm³/mol. The van der Waals surface area contributed by atoms with Gasteiger partial charge in [-0.15, -0.1) is 0 Å². The minimum atomic E-state index is -0.834. The molecule has 0 radical (unpaired) electrons. The molecule has 1 aromatic rings. The summed E-state index contributed by atoms with van der Waals surface area (Å²) in [5, 5.41) is 0. The summed E-state index contributed by atoms with van der Waals surface area (Å²) in [4.78, 5) is 4.29. The maximum absolute atomic E-state index is 12.7. The van der Waals surface area contributed by atoms with E-state index in [0.29, 0.717) is 6.42 Å². The fraction of sp³-hybridized carbons (Fsp3) is 0.154. The van der Waals surface area contributed by atoms with Gasteiger partial charge in [0.25, 0.3) is 0 Å². The van der Waals surface area contributed by atoms with Gasteiger partial charge in [-0.25, -0.2) is 4.39 Å². The average molecular weight is 201 g/mol. The number of alkyl halides is 1. The highest BCUT2D eigenvalue weighted by Gasteiger charge is 2.04. The molecule has 1 unspecified atom stereocenters. The number of aliphatic imine (C=N–C) groups is 1. The summed E-state index contributed by atoms with van der Waals surface area (Å²) in [6, 6.07) is 9.69. The van der Waals surface area contributed by atoms with Crippen LogP contribution >= 0.6 is 0 Å². The molecule has 2 heteroatoms. The minimum absolute atomic E-state index is 0.451. The van der Waals surface area contributed by atoms with Crippen LogP contribution in [-0.4, -0.2) is 12.4 Å². The average Bonchev–Trinajstić information content (AvgIpc) is 2.30. The Labute approximate surface area is 88.7 Å². The Balaban J connectivity index is 2.04. The van der Waals surface area contributed by atoms with Crippen molar-refractivity contribution in [2.75, 3.05) is 0 Å². The van der Waals surface area contributed by atoms with Crippen LogP contribution in [0.25, 0.3) is 0 Å². The number of nitrogens with zero attached hydrogens (tertiary/aromatic N) is 1. The summed E-state index contributed by atoms with van der Waals surface area (Å²) in [7, 11) is 0. The summed E-state index contributed by atoms with van der Waals surface area (Å²) in [6.45, 7) is 0. The van der Waals surface area contributed by atoms with E-state index < -0.39 is 6.17 Å². The first-order valence-electron chi connectivity index (χ1n) is 4.96. The van der Waals surface area contributed by atoms with E-state index in [1.807, 2.05) is 36.4 Å². The van der Waals surface area contributed by atoms with Crippen LogP contribution < -0.4 is 0 Å². The Bertz CT molecular complexity index is 404. The van der Waals surface area contributed by atoms with E-state index in [0.717, 1.165) is 11.3 Å². The molecule has 0 aromatic heterocycles. The minimum Gasteiger partial charge on any atom is -0.256 e. The molecule has 0 N–H and O–H groups in total. The Morgan fingerprint density at radius 3 is 2.73 bits per heavy atom. The number of rotatable bonds is 2. The maximum atomic E-state index is 12.7. The molecule has 15 heavy (non-hydrogen) atoms. The molecule has 2 rings (SSSR count). The molecule has 1 nitrogen and oxygen atoms in total. The first kappa shape index (κ1) is 9.84. The van der Waals surface area contributed by atoms with Gasteiger partial charge in [-0.05, 0) is 23.8 Å². The molecule has 0 amide bonds. The highest BCUT2D eigenvalue weighted by atomic mass is 19.1. The smallest absolute Gasteiger partial charge is 0.122 e. The lowest BCUT2D eigenvalue weighted by molar-refractivity contribution is 0.401. The summed E-state index contributed by atoms with van der Waals surface area (Å²) < 4.78 is 12.7. The van der Waals surface area contributed by atoms with E-state index in [-0.39, 0.29) is 0 Å². The first-order chi connectivity index (χ1) is 7.34. The summed E-state index contributed by atoms with van der Waals surface area (Å²) >= 11 is 0. The number of hydrogen-bond donors (Lipinski definition) is 0. The molecule has 0 aliphatic heterocycles. The van der Waals surface area contributed by atoms with E-state index in [2.05, 4.69) is 4.99 Å². The van der Waals surface area contributed by atoms with Crippen LogP contribution in [0.4, 0.5) is 10.1 Å². The second-order valence-electron chi connectivity index (χ2n) is 3.41. The number of hydrogen-bond acceptors (Lipinski definition) is 1. The van der Waals surface area contributed by atoms with E-state index in [4.69, 9.17) is 0 Å². The van der Waals surface area contributed by atoms with Gasteiger partial charge < -0.3 is 0 Å². The molecule has 1 aliphatic rings. The van der Waals surface area contributed by atoms with Crippen molar-refractivity contribution in [2.45, 2.75) is 12.6 Å². The quantitative estimate of drug-likeness (QED) is 0.648. The van der Waals surface area contributed by atoms with Crippen LogP contribution in [0.2, 0.25) is 0 Å². The molecule has 0 fully saturated rings. The molecule has 1 aliphatic carbocycles. The third-order valence-corrected chi connectivity index (χ3v) is 2.20. The van der Waals surface area contributed by atoms with Crippen LogP contribution in [0.15, 0.2) is 59.1 Å². The van der Waals surface area contributed by atoms with Gasteiger partial charge in [0.15, 0.2) is 0 Å². The molecule has 0 saturated carbocycles. The van der Waals surface area contributed by atoms with E-state index in [1.165, 1.54) is 0 Å². The maximum Gasteiger partial charge on any atom is 0.122 e. The van der Waals surface area contributed by atoms with Gasteiger partial charge in [-0.2, -0.15) is 0 Å². The summed E-state index contributed by atoms with van der Waals surface area (Å²) in [6.07, 6.45) is 6.56. The van der Waals surface area contributed by atoms with Gasteiger partial charge in [-0.3, -0.25) is 4.99 Å². The van der Waals surface area contributed by atoms with Crippen LogP contribution in [-0.2, 0) is 0 Å². The van der Waals surface area contributed by atoms with E-state index >= 15 is 0 Å². The van der Waals surface area contributed by atoms with Gasteiger partial charge in [0.05, 0.1) is 5.69 Å². The van der Waals surface area contributed by atoms with Crippen molar-refractivity contribution in [1.29, 1.82) is 0 Å². The lowest BCUT2D eigenvalue weighted by Gasteiger charge is -2.04. The zero-order valence-electron chi connectivity index (χ0n) is 8.31. The molecular formula is C13H12FN. The second-order valence-corrected chi connectivity index (χ2v) is 3.41. The van der Waals surface area contributed by atoms with Crippen LogP contribution in [0.1, 0.15) is 6.42 Å². The molecule has 76 valence electrons. The SMILES string of the molecule is FC1C=CC(C=Nc2ccccc2)=CC1. The third kappa shape index (κ3) is 2.88. The van der Waals surface area contributed by atoms with Crippen molar-refractivity contribution >= 4 is 11.9 Å². The Hall–Kier alpha value is -1.70. The largest absolute Gasteiger partial charge is 0.256 e. The summed E-state index contributed by atoms with van der Waals surface area (Å²) in [5.41, 5.74) is 1.88. The first-order valence-corrected chi connectivity index (χ1v) is 4.96. The fourth-order valence-electron chi connectivity index (χ4n) is 1.37. The molecule has 0 heterocycles. The zero-order valence-corrected chi connectivity index (χ0v) is 8.31. The highest BCUT2D eigenvalue weighted by Crippen LogP contribution is 2.14. The van der Waals surface area contributed by atoms with Crippen LogP contribution in [0.3, 0.4) is 0 Å². The van der Waals surface area contributed by atoms with Crippen LogP contribution in [0.5, 0.6) is 0 Å². The lowest BCUT2D eigenvalue weighted by Crippen LogP contribution is -1.98. The lowest BCUT2D eigenvalue weighted by atomic mass is 10.1. The van der Waals surface area contributed by atoms with Gasteiger partial charge in [-0.1, -0.05) is 30.4 Å². The summed E-state index contributed by atoms with van der Waals surface area (Å²) in [5.74, 6) is 0. The van der Waals surface area contributed by atoms with Gasteiger partial charge in [0, 0.05) is 12.6 Å². The van der Waals surface area contributed by atoms with Crippen molar-refractivity contribution in [1.82, 2.24) is 0 Å². The Morgan fingerprint density at radius 2 is 2.07 bits per heavy atom. The van der Waals surface area contributed by atoms with Gasteiger partial charge in [0.2, 0.25) is 0 Å². The van der Waals surface area contributed by atoms with E-state index in [9.17, 15) is 4.39 Å². The molecule has 0 bridgehead atoms. The van der Waals surface area contributed by atoms with E-state index in [1.54, 1.807) is 18.4 Å². The Kier molecular flexibility index (Phi) is 3.08. The normalized spacial score (nSPS) is 20.6. The fourth-order valence-corrected chi connectivity index (χ4v) is 1.37. The standard InChI is InChI=1S/C13H12FN/c14-12-8-6-11(7-9-12)10-15-13-4-2-1-3-5-13/h1-8,10,12H,9H2. The van der Waals surface area contributed by atoms with Gasteiger partial charge >= 0.3 is 0 Å². The number of allylic oxidation sites excluding steroid dienone is 4. The van der Waals surface area contributed by atoms with Crippen molar-refractivity contribution in [3.8, 4) is 0 Å². The third-order valence-electron chi connectivity index (χ3n) is 2.20. The van der Waals surface area contributed by atoms with Crippen molar-refractivity contribution in [3.63, 3.8) is 0 Å². The molecule has 1 atom stereocenters. The highest BCUT2D eigenvalue weighted by molar-refractivity contribution is 5.84. The zero-order chi connectivity index (χ0) is 10.5. The Morgan fingerprint density at radius 1 is 1.27 bits per heavy atom. The molecular weight excluding hydrogens is 189 g/mol. The molecule has 1 aromatic carbocycles. The second kappa shape index (κ2) is 4.69. The molecule has 0 spiro atoms.